The van der Waals surface area contributed by atoms with Gasteiger partial charge in [-0.3, -0.25) is 0 Å². The molecule has 1 unspecified atom stereocenters. The normalized spacial score (nSPS) is 12.9. The Balaban J connectivity index is 2.80. The molecule has 0 aliphatic heterocycles. The van der Waals surface area contributed by atoms with Crippen LogP contribution in [0.25, 0.3) is 0 Å². The van der Waals surface area contributed by atoms with Crippen molar-refractivity contribution in [2.45, 2.75) is 5.92 Å². The molecular formula is C9H12BrNO. The fraction of sp³-hybridized carbons (Fsp3) is 0.333. The summed E-state index contributed by atoms with van der Waals surface area (Å²) in [6, 6.07) is 7.84. The van der Waals surface area contributed by atoms with Crippen molar-refractivity contribution in [1.82, 2.24) is 0 Å². The van der Waals surface area contributed by atoms with Gasteiger partial charge in [0, 0.05) is 16.9 Å². The van der Waals surface area contributed by atoms with Crippen LogP contribution in [0.2, 0.25) is 0 Å². The Morgan fingerprint density at radius 1 is 1.33 bits per heavy atom. The summed E-state index contributed by atoms with van der Waals surface area (Å²) in [4.78, 5) is 0. The summed E-state index contributed by atoms with van der Waals surface area (Å²) < 4.78 is 1.04. The predicted molar refractivity (Wildman–Crippen MR) is 53.0 cm³/mol. The van der Waals surface area contributed by atoms with Gasteiger partial charge >= 0.3 is 0 Å². The third kappa shape index (κ3) is 2.30. The zero-order chi connectivity index (χ0) is 8.97. The Bertz CT molecular complexity index is 231. The molecule has 1 aromatic carbocycles. The topological polar surface area (TPSA) is 46.2 Å². The molecule has 0 radical (unpaired) electrons. The quantitative estimate of drug-likeness (QED) is 0.826. The second-order valence-corrected chi connectivity index (χ2v) is 3.58. The van der Waals surface area contributed by atoms with Gasteiger partial charge in [0.15, 0.2) is 0 Å². The first-order chi connectivity index (χ1) is 5.77. The van der Waals surface area contributed by atoms with Crippen LogP contribution in [0.15, 0.2) is 28.7 Å². The van der Waals surface area contributed by atoms with Gasteiger partial charge in [0.05, 0.1) is 6.61 Å². The van der Waals surface area contributed by atoms with Gasteiger partial charge in [0.25, 0.3) is 0 Å². The molecule has 1 rings (SSSR count). The molecular weight excluding hydrogens is 218 g/mol. The van der Waals surface area contributed by atoms with Crippen molar-refractivity contribution in [2.75, 3.05) is 13.2 Å². The van der Waals surface area contributed by atoms with Crippen molar-refractivity contribution in [2.24, 2.45) is 5.73 Å². The first-order valence-corrected chi connectivity index (χ1v) is 4.63. The van der Waals surface area contributed by atoms with E-state index in [9.17, 15) is 0 Å². The lowest BCUT2D eigenvalue weighted by Crippen LogP contribution is -2.15. The summed E-state index contributed by atoms with van der Waals surface area (Å²) in [6.07, 6.45) is 0. The van der Waals surface area contributed by atoms with E-state index in [4.69, 9.17) is 10.8 Å². The Hall–Kier alpha value is -0.380. The number of halogens is 1. The molecule has 0 amide bonds. The van der Waals surface area contributed by atoms with E-state index in [2.05, 4.69) is 15.9 Å². The molecule has 0 aliphatic carbocycles. The number of aliphatic hydroxyl groups is 1. The van der Waals surface area contributed by atoms with Gasteiger partial charge in [-0.05, 0) is 17.7 Å². The van der Waals surface area contributed by atoms with Crippen LogP contribution in [0, 0.1) is 0 Å². The highest BCUT2D eigenvalue weighted by molar-refractivity contribution is 9.10. The largest absolute Gasteiger partial charge is 0.396 e. The molecule has 0 fully saturated rings. The molecule has 0 heterocycles. The maximum atomic E-state index is 8.96. The van der Waals surface area contributed by atoms with Crippen molar-refractivity contribution >= 4 is 15.9 Å². The summed E-state index contributed by atoms with van der Waals surface area (Å²) in [7, 11) is 0. The lowest BCUT2D eigenvalue weighted by Gasteiger charge is -2.11. The van der Waals surface area contributed by atoms with Crippen LogP contribution in [0.1, 0.15) is 11.5 Å². The van der Waals surface area contributed by atoms with E-state index in [0.29, 0.717) is 6.54 Å². The van der Waals surface area contributed by atoms with Crippen LogP contribution >= 0.6 is 15.9 Å². The molecule has 0 saturated carbocycles. The van der Waals surface area contributed by atoms with E-state index in [1.807, 2.05) is 24.3 Å². The highest BCUT2D eigenvalue weighted by atomic mass is 79.9. The number of hydrogen-bond acceptors (Lipinski definition) is 2. The maximum Gasteiger partial charge on any atom is 0.0511 e. The van der Waals surface area contributed by atoms with Gasteiger partial charge in [-0.25, -0.2) is 0 Å². The minimum atomic E-state index is 0.0677. The summed E-state index contributed by atoms with van der Waals surface area (Å²) >= 11 is 3.34. The van der Waals surface area contributed by atoms with Crippen LogP contribution in [0.5, 0.6) is 0 Å². The van der Waals surface area contributed by atoms with Gasteiger partial charge in [-0.2, -0.15) is 0 Å². The molecule has 0 aliphatic rings. The molecule has 0 spiro atoms. The second kappa shape index (κ2) is 4.60. The summed E-state index contributed by atoms with van der Waals surface area (Å²) in [5.41, 5.74) is 6.57. The Morgan fingerprint density at radius 3 is 2.33 bits per heavy atom. The average Bonchev–Trinajstić information content (AvgIpc) is 2.10. The van der Waals surface area contributed by atoms with E-state index in [0.717, 1.165) is 10.0 Å². The predicted octanol–water partition coefficient (Wildman–Crippen LogP) is 1.48. The van der Waals surface area contributed by atoms with Gasteiger partial charge in [-0.15, -0.1) is 0 Å². The zero-order valence-electron chi connectivity index (χ0n) is 6.70. The fourth-order valence-corrected chi connectivity index (χ4v) is 1.32. The van der Waals surface area contributed by atoms with Crippen molar-refractivity contribution < 1.29 is 5.11 Å². The van der Waals surface area contributed by atoms with Crippen LogP contribution in [0.4, 0.5) is 0 Å². The molecule has 1 atom stereocenters. The zero-order valence-corrected chi connectivity index (χ0v) is 8.29. The van der Waals surface area contributed by atoms with Crippen LogP contribution in [-0.4, -0.2) is 18.3 Å². The molecule has 12 heavy (non-hydrogen) atoms. The van der Waals surface area contributed by atoms with Gasteiger partial charge in [0.1, 0.15) is 0 Å². The molecule has 3 N–H and O–H groups in total. The first-order valence-electron chi connectivity index (χ1n) is 3.84. The van der Waals surface area contributed by atoms with E-state index < -0.39 is 0 Å². The summed E-state index contributed by atoms with van der Waals surface area (Å²) in [5.74, 6) is 0.0677. The maximum absolute atomic E-state index is 8.96. The minimum absolute atomic E-state index is 0.0677. The third-order valence-electron chi connectivity index (χ3n) is 1.85. The SMILES string of the molecule is NCC(CO)c1ccc(Br)cc1. The lowest BCUT2D eigenvalue weighted by atomic mass is 10.0. The summed E-state index contributed by atoms with van der Waals surface area (Å²) in [6.45, 7) is 0.594. The highest BCUT2D eigenvalue weighted by Crippen LogP contribution is 2.17. The van der Waals surface area contributed by atoms with E-state index >= 15 is 0 Å². The standard InChI is InChI=1S/C9H12BrNO/c10-9-3-1-7(2-4-9)8(5-11)6-12/h1-4,8,12H,5-6,11H2. The van der Waals surface area contributed by atoms with Crippen molar-refractivity contribution in [3.63, 3.8) is 0 Å². The molecule has 0 saturated heterocycles. The second-order valence-electron chi connectivity index (χ2n) is 2.67. The number of nitrogens with two attached hydrogens (primary N) is 1. The molecule has 2 nitrogen and oxygen atoms in total. The molecule has 1 aromatic rings. The van der Waals surface area contributed by atoms with Crippen molar-refractivity contribution in [1.29, 1.82) is 0 Å². The van der Waals surface area contributed by atoms with Crippen LogP contribution in [0.3, 0.4) is 0 Å². The van der Waals surface area contributed by atoms with E-state index in [1.54, 1.807) is 0 Å². The minimum Gasteiger partial charge on any atom is -0.396 e. The molecule has 66 valence electrons. The van der Waals surface area contributed by atoms with Crippen LogP contribution < -0.4 is 5.73 Å². The third-order valence-corrected chi connectivity index (χ3v) is 2.37. The van der Waals surface area contributed by atoms with Crippen molar-refractivity contribution in [3.05, 3.63) is 34.3 Å². The first kappa shape index (κ1) is 9.71. The smallest absolute Gasteiger partial charge is 0.0511 e. The molecule has 0 aromatic heterocycles. The lowest BCUT2D eigenvalue weighted by molar-refractivity contribution is 0.268. The van der Waals surface area contributed by atoms with E-state index in [1.165, 1.54) is 0 Å². The van der Waals surface area contributed by atoms with Crippen LogP contribution in [-0.2, 0) is 0 Å². The van der Waals surface area contributed by atoms with Gasteiger partial charge in [-0.1, -0.05) is 28.1 Å². The highest BCUT2D eigenvalue weighted by Gasteiger charge is 2.06. The average molecular weight is 230 g/mol. The Kier molecular flexibility index (Phi) is 3.72. The van der Waals surface area contributed by atoms with Gasteiger partial charge < -0.3 is 10.8 Å². The summed E-state index contributed by atoms with van der Waals surface area (Å²) in [5, 5.41) is 8.96. The van der Waals surface area contributed by atoms with E-state index in [-0.39, 0.29) is 12.5 Å². The Morgan fingerprint density at radius 2 is 1.92 bits per heavy atom. The number of hydrogen-bond donors (Lipinski definition) is 2. The number of benzene rings is 1. The fourth-order valence-electron chi connectivity index (χ4n) is 1.05. The van der Waals surface area contributed by atoms with Gasteiger partial charge in [0.2, 0.25) is 0 Å². The molecule has 3 heteroatoms. The Labute approximate surface area is 80.5 Å². The molecule has 0 bridgehead atoms. The number of aliphatic hydroxyl groups excluding tert-OH is 1. The number of rotatable bonds is 3. The van der Waals surface area contributed by atoms with Crippen molar-refractivity contribution in [3.8, 4) is 0 Å². The monoisotopic (exact) mass is 229 g/mol.